The van der Waals surface area contributed by atoms with Gasteiger partial charge in [-0.3, -0.25) is 0 Å². The van der Waals surface area contributed by atoms with Crippen molar-refractivity contribution in [1.29, 1.82) is 0 Å². The number of benzene rings is 1. The highest BCUT2D eigenvalue weighted by Gasteiger charge is 2.17. The van der Waals surface area contributed by atoms with Gasteiger partial charge >= 0.3 is 5.97 Å². The number of halogens is 1. The second-order valence-corrected chi connectivity index (χ2v) is 4.71. The average Bonchev–Trinajstić information content (AvgIpc) is 2.44. The van der Waals surface area contributed by atoms with E-state index < -0.39 is 5.97 Å². The summed E-state index contributed by atoms with van der Waals surface area (Å²) in [6.07, 6.45) is 0.431. The quantitative estimate of drug-likeness (QED) is 0.885. The summed E-state index contributed by atoms with van der Waals surface area (Å²) >= 11 is 0. The summed E-state index contributed by atoms with van der Waals surface area (Å²) in [5.74, 6) is -1.12. The van der Waals surface area contributed by atoms with Gasteiger partial charge in [-0.25, -0.2) is 9.18 Å². The number of anilines is 1. The van der Waals surface area contributed by atoms with Gasteiger partial charge in [0, 0.05) is 6.54 Å². The van der Waals surface area contributed by atoms with E-state index in [0.29, 0.717) is 29.8 Å². The topological polar surface area (TPSA) is 75.1 Å². The van der Waals surface area contributed by atoms with Gasteiger partial charge in [0.15, 0.2) is 5.82 Å². The zero-order chi connectivity index (χ0) is 15.4. The van der Waals surface area contributed by atoms with Crippen LogP contribution in [-0.4, -0.2) is 27.8 Å². The number of rotatable bonds is 5. The Labute approximate surface area is 121 Å². The van der Waals surface area contributed by atoms with Crippen LogP contribution < -0.4 is 5.32 Å². The maximum absolute atomic E-state index is 13.5. The summed E-state index contributed by atoms with van der Waals surface area (Å²) in [5.41, 5.74) is 1.83. The fourth-order valence-corrected chi connectivity index (χ4v) is 2.01. The summed E-state index contributed by atoms with van der Waals surface area (Å²) in [7, 11) is 0. The summed E-state index contributed by atoms with van der Waals surface area (Å²) in [6.45, 7) is 3.77. The van der Waals surface area contributed by atoms with E-state index in [4.69, 9.17) is 0 Å². The third kappa shape index (κ3) is 3.34. The summed E-state index contributed by atoms with van der Waals surface area (Å²) in [4.78, 5) is 11.3. The highest BCUT2D eigenvalue weighted by Crippen LogP contribution is 2.18. The van der Waals surface area contributed by atoms with E-state index in [1.807, 2.05) is 0 Å². The van der Waals surface area contributed by atoms with Crippen molar-refractivity contribution in [2.24, 2.45) is 0 Å². The Bertz CT molecular complexity index is 674. The molecule has 1 aromatic heterocycles. The van der Waals surface area contributed by atoms with Crippen LogP contribution >= 0.6 is 0 Å². The maximum Gasteiger partial charge on any atom is 0.339 e. The minimum absolute atomic E-state index is 0.107. The first kappa shape index (κ1) is 14.9. The van der Waals surface area contributed by atoms with Gasteiger partial charge in [0.1, 0.15) is 11.4 Å². The molecule has 0 amide bonds. The van der Waals surface area contributed by atoms with Gasteiger partial charge in [0.05, 0.1) is 5.69 Å². The van der Waals surface area contributed by atoms with Crippen LogP contribution in [0, 0.1) is 19.7 Å². The van der Waals surface area contributed by atoms with E-state index >= 15 is 0 Å². The number of carboxylic acids is 1. The molecule has 0 fully saturated rings. The SMILES string of the molecule is Cc1nnc(NCCc2ccccc2F)c(C(=O)O)c1C. The number of aromatic carboxylic acids is 1. The zero-order valence-electron chi connectivity index (χ0n) is 11.9. The molecule has 6 heteroatoms. The van der Waals surface area contributed by atoms with Crippen molar-refractivity contribution in [2.75, 3.05) is 11.9 Å². The Hall–Kier alpha value is -2.50. The zero-order valence-corrected chi connectivity index (χ0v) is 11.9. The highest BCUT2D eigenvalue weighted by molar-refractivity contribution is 5.94. The maximum atomic E-state index is 13.5. The molecular weight excluding hydrogens is 273 g/mol. The van der Waals surface area contributed by atoms with Crippen LogP contribution in [0.5, 0.6) is 0 Å². The molecule has 0 unspecified atom stereocenters. The first-order valence-electron chi connectivity index (χ1n) is 6.55. The predicted octanol–water partition coefficient (Wildman–Crippen LogP) is 2.59. The third-order valence-corrected chi connectivity index (χ3v) is 3.31. The van der Waals surface area contributed by atoms with E-state index in [9.17, 15) is 14.3 Å². The Kier molecular flexibility index (Phi) is 4.47. The number of aryl methyl sites for hydroxylation is 1. The molecule has 0 radical (unpaired) electrons. The summed E-state index contributed by atoms with van der Waals surface area (Å²) < 4.78 is 13.5. The Morgan fingerprint density at radius 2 is 2.00 bits per heavy atom. The largest absolute Gasteiger partial charge is 0.478 e. The number of carboxylic acid groups (broad SMARTS) is 1. The lowest BCUT2D eigenvalue weighted by Crippen LogP contribution is -2.15. The van der Waals surface area contributed by atoms with Crippen LogP contribution in [0.3, 0.4) is 0 Å². The molecular formula is C15H16FN3O2. The van der Waals surface area contributed by atoms with Crippen LogP contribution in [0.15, 0.2) is 24.3 Å². The molecule has 2 N–H and O–H groups in total. The van der Waals surface area contributed by atoms with Crippen LogP contribution in [0.1, 0.15) is 27.2 Å². The van der Waals surface area contributed by atoms with Gasteiger partial charge < -0.3 is 10.4 Å². The monoisotopic (exact) mass is 289 g/mol. The second-order valence-electron chi connectivity index (χ2n) is 4.71. The van der Waals surface area contributed by atoms with Gasteiger partial charge in [-0.05, 0) is 37.5 Å². The Balaban J connectivity index is 2.12. The lowest BCUT2D eigenvalue weighted by molar-refractivity contribution is 0.0696. The Morgan fingerprint density at radius 3 is 2.67 bits per heavy atom. The fourth-order valence-electron chi connectivity index (χ4n) is 2.01. The van der Waals surface area contributed by atoms with Crippen molar-refractivity contribution < 1.29 is 14.3 Å². The molecule has 0 aliphatic carbocycles. The van der Waals surface area contributed by atoms with Crippen LogP contribution in [0.25, 0.3) is 0 Å². The van der Waals surface area contributed by atoms with Crippen molar-refractivity contribution in [3.8, 4) is 0 Å². The number of nitrogens with one attached hydrogen (secondary N) is 1. The van der Waals surface area contributed by atoms with E-state index in [1.54, 1.807) is 32.0 Å². The molecule has 5 nitrogen and oxygen atoms in total. The first-order chi connectivity index (χ1) is 10.0. The predicted molar refractivity (Wildman–Crippen MR) is 77.1 cm³/mol. The lowest BCUT2D eigenvalue weighted by atomic mass is 10.1. The fraction of sp³-hybridized carbons (Fsp3) is 0.267. The molecule has 2 rings (SSSR count). The molecule has 2 aromatic rings. The lowest BCUT2D eigenvalue weighted by Gasteiger charge is -2.11. The van der Waals surface area contributed by atoms with E-state index in [1.165, 1.54) is 6.07 Å². The molecule has 1 heterocycles. The standard InChI is InChI=1S/C15H16FN3O2/c1-9-10(2)18-19-14(13(9)15(20)21)17-8-7-11-5-3-4-6-12(11)16/h3-6H,7-8H2,1-2H3,(H,17,19)(H,20,21). The molecule has 0 spiro atoms. The number of carbonyl (C=O) groups is 1. The number of hydrogen-bond donors (Lipinski definition) is 2. The molecule has 0 bridgehead atoms. The van der Waals surface area contributed by atoms with E-state index in [0.717, 1.165) is 0 Å². The first-order valence-corrected chi connectivity index (χ1v) is 6.55. The van der Waals surface area contributed by atoms with Crippen molar-refractivity contribution in [1.82, 2.24) is 10.2 Å². The highest BCUT2D eigenvalue weighted by atomic mass is 19.1. The van der Waals surface area contributed by atoms with Gasteiger partial charge in [-0.2, -0.15) is 5.10 Å². The van der Waals surface area contributed by atoms with Gasteiger partial charge in [-0.1, -0.05) is 18.2 Å². The van der Waals surface area contributed by atoms with E-state index in [-0.39, 0.29) is 17.2 Å². The van der Waals surface area contributed by atoms with Crippen LogP contribution in [-0.2, 0) is 6.42 Å². The van der Waals surface area contributed by atoms with Gasteiger partial charge in [0.2, 0.25) is 0 Å². The molecule has 0 saturated carbocycles. The smallest absolute Gasteiger partial charge is 0.339 e. The van der Waals surface area contributed by atoms with Gasteiger partial charge in [-0.15, -0.1) is 5.10 Å². The number of hydrogen-bond acceptors (Lipinski definition) is 4. The van der Waals surface area contributed by atoms with Crippen molar-refractivity contribution in [3.05, 3.63) is 52.5 Å². The molecule has 0 aliphatic heterocycles. The molecule has 0 aliphatic rings. The minimum atomic E-state index is -1.06. The molecule has 1 aromatic carbocycles. The number of nitrogens with zero attached hydrogens (tertiary/aromatic N) is 2. The second kappa shape index (κ2) is 6.30. The third-order valence-electron chi connectivity index (χ3n) is 3.31. The summed E-state index contributed by atoms with van der Waals surface area (Å²) in [5, 5.41) is 20.0. The van der Waals surface area contributed by atoms with Crippen molar-refractivity contribution in [3.63, 3.8) is 0 Å². The van der Waals surface area contributed by atoms with Crippen molar-refractivity contribution >= 4 is 11.8 Å². The molecule has 110 valence electrons. The van der Waals surface area contributed by atoms with E-state index in [2.05, 4.69) is 15.5 Å². The Morgan fingerprint density at radius 1 is 1.29 bits per heavy atom. The number of aromatic nitrogens is 2. The normalized spacial score (nSPS) is 10.4. The van der Waals surface area contributed by atoms with Gasteiger partial charge in [0.25, 0.3) is 0 Å². The summed E-state index contributed by atoms with van der Waals surface area (Å²) in [6, 6.07) is 6.48. The molecule has 0 saturated heterocycles. The van der Waals surface area contributed by atoms with Crippen LogP contribution in [0.4, 0.5) is 10.2 Å². The van der Waals surface area contributed by atoms with Crippen molar-refractivity contribution in [2.45, 2.75) is 20.3 Å². The molecule has 0 atom stereocenters. The minimum Gasteiger partial charge on any atom is -0.478 e. The average molecular weight is 289 g/mol. The van der Waals surface area contributed by atoms with Crippen LogP contribution in [0.2, 0.25) is 0 Å². The molecule has 21 heavy (non-hydrogen) atoms.